The summed E-state index contributed by atoms with van der Waals surface area (Å²) in [6.07, 6.45) is 4.91. The van der Waals surface area contributed by atoms with Crippen LogP contribution < -0.4 is 9.88 Å². The maximum atomic E-state index is 12.5. The Labute approximate surface area is 159 Å². The van der Waals surface area contributed by atoms with Crippen molar-refractivity contribution in [2.24, 2.45) is 0 Å². The lowest BCUT2D eigenvalue weighted by molar-refractivity contribution is -0.684. The van der Waals surface area contributed by atoms with E-state index in [4.69, 9.17) is 0 Å². The van der Waals surface area contributed by atoms with Gasteiger partial charge < -0.3 is 9.88 Å². The summed E-state index contributed by atoms with van der Waals surface area (Å²) in [5, 5.41) is 5.42. The van der Waals surface area contributed by atoms with Crippen LogP contribution in [-0.2, 0) is 24.3 Å². The van der Waals surface area contributed by atoms with E-state index in [0.717, 1.165) is 18.7 Å². The number of fused-ring (bicyclic) bond motifs is 3. The molecule has 136 valence electrons. The number of carbonyl (C=O) groups excluding carboxylic acids is 1. The van der Waals surface area contributed by atoms with Crippen LogP contribution in [0.15, 0.2) is 67.0 Å². The summed E-state index contributed by atoms with van der Waals surface area (Å²) in [7, 11) is 0. The summed E-state index contributed by atoms with van der Waals surface area (Å²) < 4.78 is 4.21. The Morgan fingerprint density at radius 1 is 0.963 bits per heavy atom. The minimum absolute atomic E-state index is 0.0252. The van der Waals surface area contributed by atoms with Crippen molar-refractivity contribution in [3.8, 4) is 0 Å². The van der Waals surface area contributed by atoms with Gasteiger partial charge in [0.05, 0.1) is 0 Å². The minimum atomic E-state index is -0.0252. The topological polar surface area (TPSA) is 37.9 Å². The molecule has 0 atom stereocenters. The average Bonchev–Trinajstić information content (AvgIpc) is 3.01. The molecule has 0 aliphatic heterocycles. The van der Waals surface area contributed by atoms with Crippen molar-refractivity contribution < 1.29 is 9.36 Å². The predicted molar refractivity (Wildman–Crippen MR) is 110 cm³/mol. The summed E-state index contributed by atoms with van der Waals surface area (Å²) in [4.78, 5) is 12.5. The van der Waals surface area contributed by atoms with Crippen molar-refractivity contribution in [1.82, 2.24) is 4.57 Å². The first kappa shape index (κ1) is 17.3. The summed E-state index contributed by atoms with van der Waals surface area (Å²) in [6.45, 7) is 5.50. The van der Waals surface area contributed by atoms with E-state index < -0.39 is 0 Å². The third-order valence-corrected chi connectivity index (χ3v) is 5.07. The van der Waals surface area contributed by atoms with Crippen molar-refractivity contribution >= 4 is 33.4 Å². The molecular weight excluding hydrogens is 334 g/mol. The second kappa shape index (κ2) is 7.23. The van der Waals surface area contributed by atoms with Crippen LogP contribution in [0.1, 0.15) is 19.4 Å². The molecule has 0 radical (unpaired) electrons. The number of benzene rings is 2. The molecular formula is C23H24N3O+. The number of hydrogen-bond donors (Lipinski definition) is 1. The van der Waals surface area contributed by atoms with E-state index >= 15 is 0 Å². The van der Waals surface area contributed by atoms with Crippen LogP contribution in [0.5, 0.6) is 0 Å². The van der Waals surface area contributed by atoms with Crippen molar-refractivity contribution in [1.29, 1.82) is 0 Å². The molecule has 0 aliphatic carbocycles. The zero-order valence-corrected chi connectivity index (χ0v) is 15.8. The Balaban J connectivity index is 1.60. The van der Waals surface area contributed by atoms with Crippen molar-refractivity contribution in [2.45, 2.75) is 33.4 Å². The van der Waals surface area contributed by atoms with Crippen molar-refractivity contribution in [3.63, 3.8) is 0 Å². The van der Waals surface area contributed by atoms with Gasteiger partial charge in [-0.15, -0.1) is 0 Å². The molecule has 0 saturated heterocycles. The fourth-order valence-electron chi connectivity index (χ4n) is 3.67. The fourth-order valence-corrected chi connectivity index (χ4v) is 3.67. The number of carbonyl (C=O) groups is 1. The fraction of sp³-hybridized carbons (Fsp3) is 0.217. The maximum absolute atomic E-state index is 12.5. The third-order valence-electron chi connectivity index (χ3n) is 5.07. The highest BCUT2D eigenvalue weighted by Crippen LogP contribution is 2.30. The highest BCUT2D eigenvalue weighted by molar-refractivity contribution is 6.09. The number of amides is 1. The lowest BCUT2D eigenvalue weighted by atomic mass is 10.1. The number of aromatic nitrogens is 2. The van der Waals surface area contributed by atoms with Crippen LogP contribution in [0, 0.1) is 0 Å². The van der Waals surface area contributed by atoms with Gasteiger partial charge in [0.15, 0.2) is 12.4 Å². The molecule has 2 heterocycles. The molecule has 1 N–H and O–H groups in total. The summed E-state index contributed by atoms with van der Waals surface area (Å²) >= 11 is 0. The molecule has 0 spiro atoms. The van der Waals surface area contributed by atoms with E-state index in [1.165, 1.54) is 27.4 Å². The molecule has 0 saturated carbocycles. The molecule has 4 rings (SSSR count). The van der Waals surface area contributed by atoms with Gasteiger partial charge in [-0.05, 0) is 43.2 Å². The second-order valence-electron chi connectivity index (χ2n) is 6.77. The van der Waals surface area contributed by atoms with Gasteiger partial charge >= 0.3 is 0 Å². The number of pyridine rings is 1. The Morgan fingerprint density at radius 2 is 1.70 bits per heavy atom. The zero-order chi connectivity index (χ0) is 18.8. The molecule has 0 aliphatic rings. The van der Waals surface area contributed by atoms with E-state index in [0.29, 0.717) is 6.54 Å². The standard InChI is InChI=1S/C23H23N3O/c1-3-17-11-13-25(14-12-17)16-23(27)24-18-9-10-22-20(15-18)19-7-5-6-8-21(19)26(22)4-2/h5-15H,3-4,16H2,1-2H3/p+1. The second-order valence-corrected chi connectivity index (χ2v) is 6.77. The van der Waals surface area contributed by atoms with Crippen LogP contribution in [0.25, 0.3) is 21.8 Å². The number of para-hydroxylation sites is 1. The highest BCUT2D eigenvalue weighted by atomic mass is 16.1. The van der Waals surface area contributed by atoms with Crippen LogP contribution in [0.3, 0.4) is 0 Å². The molecule has 2 aromatic carbocycles. The number of aryl methyl sites for hydroxylation is 2. The Bertz CT molecular complexity index is 1110. The number of rotatable bonds is 5. The van der Waals surface area contributed by atoms with Gasteiger partial charge in [0.2, 0.25) is 6.54 Å². The lowest BCUT2D eigenvalue weighted by Crippen LogP contribution is -2.39. The van der Waals surface area contributed by atoms with Gasteiger partial charge in [0.25, 0.3) is 5.91 Å². The first-order valence-electron chi connectivity index (χ1n) is 9.48. The highest BCUT2D eigenvalue weighted by Gasteiger charge is 2.13. The Kier molecular flexibility index (Phi) is 4.63. The zero-order valence-electron chi connectivity index (χ0n) is 15.8. The van der Waals surface area contributed by atoms with Gasteiger partial charge in [-0.2, -0.15) is 4.57 Å². The third kappa shape index (κ3) is 3.31. The van der Waals surface area contributed by atoms with Crippen LogP contribution in [-0.4, -0.2) is 10.5 Å². The van der Waals surface area contributed by atoms with Gasteiger partial charge in [0, 0.05) is 46.2 Å². The molecule has 0 unspecified atom stereocenters. The first-order chi connectivity index (χ1) is 13.2. The summed E-state index contributed by atoms with van der Waals surface area (Å²) in [6, 6.07) is 18.7. The molecule has 1 amide bonds. The van der Waals surface area contributed by atoms with Gasteiger partial charge in [-0.25, -0.2) is 0 Å². The monoisotopic (exact) mass is 358 g/mol. The lowest BCUT2D eigenvalue weighted by Gasteiger charge is -2.06. The molecule has 4 nitrogen and oxygen atoms in total. The number of anilines is 1. The van der Waals surface area contributed by atoms with Crippen LogP contribution in [0.2, 0.25) is 0 Å². The summed E-state index contributed by atoms with van der Waals surface area (Å²) in [5.41, 5.74) is 4.52. The van der Waals surface area contributed by atoms with E-state index in [2.05, 4.69) is 72.3 Å². The smallest absolute Gasteiger partial charge is 0.290 e. The number of hydrogen-bond acceptors (Lipinski definition) is 1. The predicted octanol–water partition coefficient (Wildman–Crippen LogP) is 4.30. The summed E-state index contributed by atoms with van der Waals surface area (Å²) in [5.74, 6) is -0.0252. The van der Waals surface area contributed by atoms with Crippen LogP contribution in [0.4, 0.5) is 5.69 Å². The molecule has 4 aromatic rings. The van der Waals surface area contributed by atoms with Gasteiger partial charge in [0.1, 0.15) is 0 Å². The molecule has 0 fully saturated rings. The van der Waals surface area contributed by atoms with Crippen molar-refractivity contribution in [2.75, 3.05) is 5.32 Å². The Morgan fingerprint density at radius 3 is 2.44 bits per heavy atom. The molecule has 4 heteroatoms. The van der Waals surface area contributed by atoms with Gasteiger partial charge in [-0.3, -0.25) is 4.79 Å². The number of nitrogens with one attached hydrogen (secondary N) is 1. The van der Waals surface area contributed by atoms with E-state index in [9.17, 15) is 4.79 Å². The number of nitrogens with zero attached hydrogens (tertiary/aromatic N) is 2. The quantitative estimate of drug-likeness (QED) is 0.531. The maximum Gasteiger partial charge on any atom is 0.290 e. The minimum Gasteiger partial charge on any atom is -0.341 e. The normalized spacial score (nSPS) is 11.2. The van der Waals surface area contributed by atoms with Crippen molar-refractivity contribution in [3.05, 3.63) is 72.6 Å². The Hall–Kier alpha value is -3.14. The first-order valence-corrected chi connectivity index (χ1v) is 9.48. The molecule has 2 aromatic heterocycles. The molecule has 27 heavy (non-hydrogen) atoms. The molecule has 0 bridgehead atoms. The average molecular weight is 358 g/mol. The largest absolute Gasteiger partial charge is 0.341 e. The van der Waals surface area contributed by atoms with Crippen LogP contribution >= 0.6 is 0 Å². The van der Waals surface area contributed by atoms with Gasteiger partial charge in [-0.1, -0.05) is 25.1 Å². The van der Waals surface area contributed by atoms with E-state index in [1.807, 2.05) is 23.0 Å². The van der Waals surface area contributed by atoms with E-state index in [1.54, 1.807) is 0 Å². The van der Waals surface area contributed by atoms with E-state index in [-0.39, 0.29) is 5.91 Å². The SMILES string of the molecule is CCc1cc[n+](CC(=O)Nc2ccc3c(c2)c2ccccc2n3CC)cc1.